The Kier molecular flexibility index (Phi) is 5.80. The SMILES string of the molecule is Cc1ccc(-c2cc(C(=O)NC3CCCNC3C)on2)cc1.Cl. The predicted octanol–water partition coefficient (Wildman–Crippen LogP) is 2.94. The van der Waals surface area contributed by atoms with Crippen molar-refractivity contribution < 1.29 is 9.32 Å². The molecule has 0 spiro atoms. The Bertz CT molecular complexity index is 654. The zero-order valence-corrected chi connectivity index (χ0v) is 14.2. The molecule has 1 saturated heterocycles. The largest absolute Gasteiger partial charge is 0.350 e. The van der Waals surface area contributed by atoms with Gasteiger partial charge in [0.2, 0.25) is 5.76 Å². The topological polar surface area (TPSA) is 67.2 Å². The van der Waals surface area contributed by atoms with Gasteiger partial charge in [-0.05, 0) is 33.2 Å². The number of aromatic nitrogens is 1. The molecule has 5 nitrogen and oxygen atoms in total. The van der Waals surface area contributed by atoms with Gasteiger partial charge in [0.25, 0.3) is 5.91 Å². The summed E-state index contributed by atoms with van der Waals surface area (Å²) in [6.07, 6.45) is 2.05. The number of nitrogens with one attached hydrogen (secondary N) is 2. The van der Waals surface area contributed by atoms with Crippen LogP contribution in [0.5, 0.6) is 0 Å². The molecule has 0 aliphatic carbocycles. The fraction of sp³-hybridized carbons (Fsp3) is 0.412. The Hall–Kier alpha value is -1.85. The van der Waals surface area contributed by atoms with Gasteiger partial charge in [-0.2, -0.15) is 0 Å². The van der Waals surface area contributed by atoms with Gasteiger partial charge in [-0.1, -0.05) is 35.0 Å². The molecule has 2 aromatic rings. The molecule has 2 atom stereocenters. The first-order chi connectivity index (χ1) is 10.6. The summed E-state index contributed by atoms with van der Waals surface area (Å²) < 4.78 is 5.21. The number of aryl methyl sites for hydroxylation is 1. The maximum Gasteiger partial charge on any atom is 0.290 e. The molecule has 2 N–H and O–H groups in total. The Morgan fingerprint density at radius 3 is 2.78 bits per heavy atom. The first-order valence-corrected chi connectivity index (χ1v) is 7.71. The third-order valence-electron chi connectivity index (χ3n) is 4.16. The molecule has 124 valence electrons. The first kappa shape index (κ1) is 17.5. The number of carbonyl (C=O) groups is 1. The van der Waals surface area contributed by atoms with Crippen molar-refractivity contribution in [2.75, 3.05) is 6.54 Å². The molecule has 0 radical (unpaired) electrons. The van der Waals surface area contributed by atoms with Crippen molar-refractivity contribution >= 4 is 18.3 Å². The minimum Gasteiger partial charge on any atom is -0.350 e. The van der Waals surface area contributed by atoms with Crippen LogP contribution in [0, 0.1) is 6.92 Å². The zero-order chi connectivity index (χ0) is 15.5. The van der Waals surface area contributed by atoms with E-state index in [-0.39, 0.29) is 36.2 Å². The predicted molar refractivity (Wildman–Crippen MR) is 91.9 cm³/mol. The number of nitrogens with zero attached hydrogens (tertiary/aromatic N) is 1. The standard InChI is InChI=1S/C17H21N3O2.ClH/c1-11-5-7-13(8-6-11)15-10-16(22-20-15)17(21)19-14-4-3-9-18-12(14)2;/h5-8,10,12,14,18H,3-4,9H2,1-2H3,(H,19,21);1H. The Labute approximate surface area is 142 Å². The van der Waals surface area contributed by atoms with E-state index in [1.165, 1.54) is 5.56 Å². The van der Waals surface area contributed by atoms with E-state index in [2.05, 4.69) is 22.7 Å². The van der Waals surface area contributed by atoms with Crippen LogP contribution in [-0.2, 0) is 0 Å². The molecule has 23 heavy (non-hydrogen) atoms. The molecule has 2 heterocycles. The van der Waals surface area contributed by atoms with E-state index in [4.69, 9.17) is 4.52 Å². The van der Waals surface area contributed by atoms with Crippen molar-refractivity contribution in [3.8, 4) is 11.3 Å². The maximum absolute atomic E-state index is 12.3. The lowest BCUT2D eigenvalue weighted by Crippen LogP contribution is -2.51. The van der Waals surface area contributed by atoms with Crippen LogP contribution in [0.25, 0.3) is 11.3 Å². The van der Waals surface area contributed by atoms with Crippen molar-refractivity contribution in [3.05, 3.63) is 41.7 Å². The van der Waals surface area contributed by atoms with Crippen LogP contribution < -0.4 is 10.6 Å². The summed E-state index contributed by atoms with van der Waals surface area (Å²) in [6, 6.07) is 10.1. The molecule has 1 aliphatic rings. The van der Waals surface area contributed by atoms with Crippen LogP contribution in [-0.4, -0.2) is 29.7 Å². The second-order valence-corrected chi connectivity index (χ2v) is 5.91. The maximum atomic E-state index is 12.3. The highest BCUT2D eigenvalue weighted by Crippen LogP contribution is 2.20. The highest BCUT2D eigenvalue weighted by molar-refractivity contribution is 5.92. The fourth-order valence-electron chi connectivity index (χ4n) is 2.72. The van der Waals surface area contributed by atoms with Crippen LogP contribution in [0.15, 0.2) is 34.9 Å². The second kappa shape index (κ2) is 7.62. The first-order valence-electron chi connectivity index (χ1n) is 7.71. The van der Waals surface area contributed by atoms with Crippen LogP contribution in [0.1, 0.15) is 35.9 Å². The number of amides is 1. The third kappa shape index (κ3) is 4.12. The van der Waals surface area contributed by atoms with Gasteiger partial charge >= 0.3 is 0 Å². The summed E-state index contributed by atoms with van der Waals surface area (Å²) >= 11 is 0. The Morgan fingerprint density at radius 2 is 2.09 bits per heavy atom. The molecule has 3 rings (SSSR count). The lowest BCUT2D eigenvalue weighted by Gasteiger charge is -2.30. The summed E-state index contributed by atoms with van der Waals surface area (Å²) in [5.41, 5.74) is 2.81. The van der Waals surface area contributed by atoms with Crippen molar-refractivity contribution in [3.63, 3.8) is 0 Å². The monoisotopic (exact) mass is 335 g/mol. The third-order valence-corrected chi connectivity index (χ3v) is 4.16. The highest BCUT2D eigenvalue weighted by atomic mass is 35.5. The second-order valence-electron chi connectivity index (χ2n) is 5.91. The van der Waals surface area contributed by atoms with Gasteiger partial charge in [0.15, 0.2) is 0 Å². The van der Waals surface area contributed by atoms with Gasteiger partial charge in [-0.15, -0.1) is 12.4 Å². The average molecular weight is 336 g/mol. The van der Waals surface area contributed by atoms with Crippen LogP contribution >= 0.6 is 12.4 Å². The molecule has 1 aliphatic heterocycles. The van der Waals surface area contributed by atoms with Crippen molar-refractivity contribution in [2.24, 2.45) is 0 Å². The van der Waals surface area contributed by atoms with Crippen molar-refractivity contribution in [2.45, 2.75) is 38.8 Å². The molecule has 0 bridgehead atoms. The quantitative estimate of drug-likeness (QED) is 0.905. The van der Waals surface area contributed by atoms with E-state index in [1.54, 1.807) is 6.07 Å². The molecule has 1 amide bonds. The van der Waals surface area contributed by atoms with E-state index in [9.17, 15) is 4.79 Å². The van der Waals surface area contributed by atoms with Gasteiger partial charge in [-0.25, -0.2) is 0 Å². The van der Waals surface area contributed by atoms with E-state index in [0.717, 1.165) is 24.9 Å². The smallest absolute Gasteiger partial charge is 0.290 e. The average Bonchev–Trinajstić information content (AvgIpc) is 3.00. The molecule has 1 aromatic carbocycles. The summed E-state index contributed by atoms with van der Waals surface area (Å²) in [7, 11) is 0. The van der Waals surface area contributed by atoms with E-state index in [1.807, 2.05) is 31.2 Å². The zero-order valence-electron chi connectivity index (χ0n) is 13.3. The van der Waals surface area contributed by atoms with Gasteiger partial charge in [0, 0.05) is 23.7 Å². The van der Waals surface area contributed by atoms with Crippen molar-refractivity contribution in [1.29, 1.82) is 0 Å². The highest BCUT2D eigenvalue weighted by Gasteiger charge is 2.24. The van der Waals surface area contributed by atoms with E-state index in [0.29, 0.717) is 5.69 Å². The molecule has 2 unspecified atom stereocenters. The summed E-state index contributed by atoms with van der Waals surface area (Å²) in [4.78, 5) is 12.3. The molecule has 6 heteroatoms. The van der Waals surface area contributed by atoms with E-state index >= 15 is 0 Å². The van der Waals surface area contributed by atoms with Gasteiger partial charge in [-0.3, -0.25) is 4.79 Å². The van der Waals surface area contributed by atoms with Crippen molar-refractivity contribution in [1.82, 2.24) is 15.8 Å². The number of halogens is 1. The summed E-state index contributed by atoms with van der Waals surface area (Å²) in [5.74, 6) is 0.0553. The molecule has 0 saturated carbocycles. The number of rotatable bonds is 3. The lowest BCUT2D eigenvalue weighted by atomic mass is 10.00. The number of piperidine rings is 1. The minimum atomic E-state index is -0.202. The van der Waals surface area contributed by atoms with Gasteiger partial charge in [0.1, 0.15) is 5.69 Å². The summed E-state index contributed by atoms with van der Waals surface area (Å²) in [5, 5.41) is 10.4. The number of carbonyl (C=O) groups excluding carboxylic acids is 1. The Balaban J connectivity index is 0.00000192. The lowest BCUT2D eigenvalue weighted by molar-refractivity contribution is 0.0882. The van der Waals surface area contributed by atoms with Gasteiger partial charge < -0.3 is 15.2 Å². The molecule has 1 aromatic heterocycles. The van der Waals surface area contributed by atoms with Crippen LogP contribution in [0.2, 0.25) is 0 Å². The molecular weight excluding hydrogens is 314 g/mol. The normalized spacial score (nSPS) is 20.6. The van der Waals surface area contributed by atoms with Crippen LogP contribution in [0.4, 0.5) is 0 Å². The number of benzene rings is 1. The number of hydrogen-bond acceptors (Lipinski definition) is 4. The number of hydrogen-bond donors (Lipinski definition) is 2. The Morgan fingerprint density at radius 1 is 1.35 bits per heavy atom. The van der Waals surface area contributed by atoms with Crippen LogP contribution in [0.3, 0.4) is 0 Å². The van der Waals surface area contributed by atoms with Gasteiger partial charge in [0.05, 0.1) is 0 Å². The summed E-state index contributed by atoms with van der Waals surface area (Å²) in [6.45, 7) is 5.13. The molecular formula is C17H22ClN3O2. The fourth-order valence-corrected chi connectivity index (χ4v) is 2.72. The van der Waals surface area contributed by atoms with E-state index < -0.39 is 0 Å². The minimum absolute atomic E-state index is 0. The molecule has 1 fully saturated rings.